The maximum atomic E-state index is 13.1. The summed E-state index contributed by atoms with van der Waals surface area (Å²) in [5.74, 6) is -0.157. The van der Waals surface area contributed by atoms with Crippen molar-refractivity contribution in [1.82, 2.24) is 14.6 Å². The van der Waals surface area contributed by atoms with Gasteiger partial charge < -0.3 is 5.32 Å². The van der Waals surface area contributed by atoms with E-state index in [-0.39, 0.29) is 11.7 Å². The zero-order chi connectivity index (χ0) is 18.5. The van der Waals surface area contributed by atoms with Crippen molar-refractivity contribution in [2.24, 2.45) is 0 Å². The smallest absolute Gasteiger partial charge is 0.211 e. The molecule has 0 bridgehead atoms. The number of hydrogen-bond donors (Lipinski definition) is 1. The van der Waals surface area contributed by atoms with Crippen molar-refractivity contribution in [1.29, 1.82) is 0 Å². The van der Waals surface area contributed by atoms with Crippen molar-refractivity contribution < 1.29 is 4.79 Å². The largest absolute Gasteiger partial charge is 0.359 e. The molecule has 0 fully saturated rings. The van der Waals surface area contributed by atoms with Crippen LogP contribution in [0.2, 0.25) is 5.02 Å². The molecule has 132 valence electrons. The number of ketones is 1. The zero-order valence-electron chi connectivity index (χ0n) is 14.5. The van der Waals surface area contributed by atoms with Gasteiger partial charge in [-0.15, -0.1) is 0 Å². The number of rotatable bonds is 2. The minimum Gasteiger partial charge on any atom is -0.359 e. The number of anilines is 1. The molecule has 4 heterocycles. The molecule has 5 nitrogen and oxygen atoms in total. The number of allylic oxidation sites excluding steroid dienone is 1. The number of nitrogens with zero attached hydrogens (tertiary/aromatic N) is 3. The van der Waals surface area contributed by atoms with Crippen molar-refractivity contribution in [3.63, 3.8) is 0 Å². The second-order valence-corrected chi connectivity index (χ2v) is 7.08. The standard InChI is InChI=1S/C21H15ClN4O/c1-12-16-7-4-13-3-2-8-23-19(13)20(16)24-10-17(12)21(27)18-9-15-6-5-14(22)11-26(15)25-18/h2-12,24H,1H3. The van der Waals surface area contributed by atoms with Gasteiger partial charge >= 0.3 is 0 Å². The Morgan fingerprint density at radius 1 is 1.22 bits per heavy atom. The summed E-state index contributed by atoms with van der Waals surface area (Å²) in [6.07, 6.45) is 5.25. The van der Waals surface area contributed by atoms with Crippen LogP contribution < -0.4 is 5.32 Å². The Bertz CT molecular complexity index is 1260. The van der Waals surface area contributed by atoms with E-state index in [1.165, 1.54) is 0 Å². The molecule has 5 rings (SSSR count). The molecule has 1 N–H and O–H groups in total. The van der Waals surface area contributed by atoms with Gasteiger partial charge in [0.1, 0.15) is 5.69 Å². The van der Waals surface area contributed by atoms with Gasteiger partial charge in [0, 0.05) is 35.5 Å². The predicted octanol–water partition coefficient (Wildman–Crippen LogP) is 4.83. The van der Waals surface area contributed by atoms with Crippen LogP contribution in [0.1, 0.15) is 28.9 Å². The molecule has 1 aliphatic rings. The highest BCUT2D eigenvalue weighted by molar-refractivity contribution is 6.30. The van der Waals surface area contributed by atoms with Gasteiger partial charge in [-0.25, -0.2) is 4.52 Å². The molecule has 4 aromatic rings. The van der Waals surface area contributed by atoms with Crippen molar-refractivity contribution in [3.05, 3.63) is 82.9 Å². The molecule has 0 spiro atoms. The van der Waals surface area contributed by atoms with Gasteiger partial charge in [0.05, 0.1) is 21.7 Å². The summed E-state index contributed by atoms with van der Waals surface area (Å²) in [7, 11) is 0. The quantitative estimate of drug-likeness (QED) is 0.510. The van der Waals surface area contributed by atoms with Crippen LogP contribution in [0.3, 0.4) is 0 Å². The second-order valence-electron chi connectivity index (χ2n) is 6.65. The SMILES string of the molecule is CC1C(C(=O)c2cc3ccc(Cl)cn3n2)=CNc2c1ccc1cccnc21. The average Bonchev–Trinajstić information content (AvgIpc) is 3.11. The number of carbonyl (C=O) groups excluding carboxylic acids is 1. The summed E-state index contributed by atoms with van der Waals surface area (Å²) in [6, 6.07) is 13.5. The molecule has 1 aromatic carbocycles. The van der Waals surface area contributed by atoms with E-state index in [9.17, 15) is 4.79 Å². The Morgan fingerprint density at radius 2 is 2.11 bits per heavy atom. The predicted molar refractivity (Wildman–Crippen MR) is 106 cm³/mol. The third-order valence-electron chi connectivity index (χ3n) is 5.03. The van der Waals surface area contributed by atoms with Gasteiger partial charge in [-0.2, -0.15) is 5.10 Å². The number of halogens is 1. The molecule has 0 saturated heterocycles. The molecule has 0 saturated carbocycles. The summed E-state index contributed by atoms with van der Waals surface area (Å²) in [6.45, 7) is 2.03. The summed E-state index contributed by atoms with van der Waals surface area (Å²) in [5.41, 5.74) is 4.83. The van der Waals surface area contributed by atoms with Gasteiger partial charge in [0.2, 0.25) is 5.78 Å². The highest BCUT2D eigenvalue weighted by atomic mass is 35.5. The minimum absolute atomic E-state index is 0.0615. The van der Waals surface area contributed by atoms with E-state index in [1.807, 2.05) is 31.2 Å². The Labute approximate surface area is 160 Å². The van der Waals surface area contributed by atoms with Crippen LogP contribution in [0, 0.1) is 0 Å². The molecule has 0 amide bonds. The lowest BCUT2D eigenvalue weighted by molar-refractivity contribution is 0.102. The first-order chi connectivity index (χ1) is 13.1. The lowest BCUT2D eigenvalue weighted by Gasteiger charge is -2.24. The highest BCUT2D eigenvalue weighted by Gasteiger charge is 2.28. The van der Waals surface area contributed by atoms with Crippen molar-refractivity contribution >= 4 is 39.5 Å². The summed E-state index contributed by atoms with van der Waals surface area (Å²) >= 11 is 6.01. The monoisotopic (exact) mass is 374 g/mol. The number of carbonyl (C=O) groups is 1. The van der Waals surface area contributed by atoms with Gasteiger partial charge in [0.25, 0.3) is 0 Å². The Balaban J connectivity index is 1.56. The summed E-state index contributed by atoms with van der Waals surface area (Å²) < 4.78 is 1.63. The van der Waals surface area contributed by atoms with E-state index in [0.29, 0.717) is 16.3 Å². The van der Waals surface area contributed by atoms with E-state index < -0.39 is 0 Å². The summed E-state index contributed by atoms with van der Waals surface area (Å²) in [4.78, 5) is 17.6. The fourth-order valence-corrected chi connectivity index (χ4v) is 3.75. The molecule has 1 aliphatic heterocycles. The highest BCUT2D eigenvalue weighted by Crippen LogP contribution is 2.39. The van der Waals surface area contributed by atoms with E-state index in [0.717, 1.165) is 27.7 Å². The van der Waals surface area contributed by atoms with Crippen molar-refractivity contribution in [2.45, 2.75) is 12.8 Å². The topological polar surface area (TPSA) is 59.3 Å². The van der Waals surface area contributed by atoms with E-state index in [2.05, 4.69) is 21.5 Å². The normalized spacial score (nSPS) is 16.1. The molecule has 3 aromatic heterocycles. The van der Waals surface area contributed by atoms with Gasteiger partial charge in [-0.1, -0.05) is 36.7 Å². The first-order valence-corrected chi connectivity index (χ1v) is 9.03. The number of hydrogen-bond acceptors (Lipinski definition) is 4. The molecule has 0 radical (unpaired) electrons. The maximum absolute atomic E-state index is 13.1. The molecular formula is C21H15ClN4O. The zero-order valence-corrected chi connectivity index (χ0v) is 15.2. The Kier molecular flexibility index (Phi) is 3.52. The fourth-order valence-electron chi connectivity index (χ4n) is 3.60. The number of fused-ring (bicyclic) bond motifs is 4. The maximum Gasteiger partial charge on any atom is 0.211 e. The van der Waals surface area contributed by atoms with Crippen LogP contribution in [0.4, 0.5) is 5.69 Å². The van der Waals surface area contributed by atoms with Crippen LogP contribution in [0.25, 0.3) is 16.4 Å². The van der Waals surface area contributed by atoms with Gasteiger partial charge in [-0.3, -0.25) is 9.78 Å². The van der Waals surface area contributed by atoms with Crippen LogP contribution in [0.15, 0.2) is 66.6 Å². The Hall–Kier alpha value is -3.18. The number of benzene rings is 1. The number of aromatic nitrogens is 3. The second kappa shape index (κ2) is 5.93. The lowest BCUT2D eigenvalue weighted by Crippen LogP contribution is -2.17. The molecule has 6 heteroatoms. The first kappa shape index (κ1) is 16.0. The molecule has 0 aliphatic carbocycles. The third kappa shape index (κ3) is 2.51. The number of nitrogens with one attached hydrogen (secondary N) is 1. The minimum atomic E-state index is -0.0957. The van der Waals surface area contributed by atoms with Crippen LogP contribution >= 0.6 is 11.6 Å². The van der Waals surface area contributed by atoms with Crippen molar-refractivity contribution in [3.8, 4) is 0 Å². The van der Waals surface area contributed by atoms with Gasteiger partial charge in [0.15, 0.2) is 0 Å². The van der Waals surface area contributed by atoms with Gasteiger partial charge in [-0.05, 0) is 29.8 Å². The molecule has 1 atom stereocenters. The Morgan fingerprint density at radius 3 is 3.00 bits per heavy atom. The number of pyridine rings is 2. The average molecular weight is 375 g/mol. The van der Waals surface area contributed by atoms with Crippen LogP contribution in [-0.2, 0) is 0 Å². The first-order valence-electron chi connectivity index (χ1n) is 8.66. The molecule has 1 unspecified atom stereocenters. The van der Waals surface area contributed by atoms with Crippen LogP contribution in [0.5, 0.6) is 0 Å². The number of Topliss-reactive ketones (excluding diaryl/α,β-unsaturated/α-hetero) is 1. The summed E-state index contributed by atoms with van der Waals surface area (Å²) in [5, 5.41) is 9.31. The fraction of sp³-hybridized carbons (Fsp3) is 0.0952. The van der Waals surface area contributed by atoms with Crippen LogP contribution in [-0.4, -0.2) is 20.4 Å². The third-order valence-corrected chi connectivity index (χ3v) is 5.25. The van der Waals surface area contributed by atoms with Crippen molar-refractivity contribution in [2.75, 3.05) is 5.32 Å². The lowest BCUT2D eigenvalue weighted by atomic mass is 9.86. The van der Waals surface area contributed by atoms with E-state index in [1.54, 1.807) is 35.2 Å². The molecule has 27 heavy (non-hydrogen) atoms. The molecular weight excluding hydrogens is 360 g/mol. The van der Waals surface area contributed by atoms with E-state index in [4.69, 9.17) is 11.6 Å². The van der Waals surface area contributed by atoms with E-state index >= 15 is 0 Å².